The van der Waals surface area contributed by atoms with Crippen molar-refractivity contribution in [1.82, 2.24) is 4.90 Å². The Bertz CT molecular complexity index is 229. The van der Waals surface area contributed by atoms with E-state index >= 15 is 0 Å². The summed E-state index contributed by atoms with van der Waals surface area (Å²) in [7, 11) is 3.48. The van der Waals surface area contributed by atoms with Gasteiger partial charge in [-0.25, -0.2) is 0 Å². The van der Waals surface area contributed by atoms with Gasteiger partial charge in [0.05, 0.1) is 12.7 Å². The summed E-state index contributed by atoms with van der Waals surface area (Å²) >= 11 is 0. The van der Waals surface area contributed by atoms with E-state index < -0.39 is 6.10 Å². The van der Waals surface area contributed by atoms with Crippen molar-refractivity contribution in [2.45, 2.75) is 18.9 Å². The van der Waals surface area contributed by atoms with Crippen molar-refractivity contribution >= 4 is 6.29 Å². The number of aliphatic hydroxyl groups excluding tert-OH is 1. The third-order valence-electron chi connectivity index (χ3n) is 3.20. The lowest BCUT2D eigenvalue weighted by Crippen LogP contribution is -2.44. The van der Waals surface area contributed by atoms with Gasteiger partial charge in [-0.2, -0.15) is 0 Å². The number of rotatable bonds is 7. The molecule has 1 aliphatic rings. The molecule has 5 nitrogen and oxygen atoms in total. The van der Waals surface area contributed by atoms with Gasteiger partial charge in [-0.05, 0) is 19.9 Å². The summed E-state index contributed by atoms with van der Waals surface area (Å²) in [5, 5.41) is 9.63. The van der Waals surface area contributed by atoms with Gasteiger partial charge in [0.2, 0.25) is 0 Å². The van der Waals surface area contributed by atoms with Crippen LogP contribution in [0.1, 0.15) is 12.8 Å². The topological polar surface area (TPSA) is 59.0 Å². The molecular weight excluding hydrogens is 222 g/mol. The zero-order chi connectivity index (χ0) is 12.7. The highest BCUT2D eigenvalue weighted by Crippen LogP contribution is 2.28. The molecule has 0 spiro atoms. The lowest BCUT2D eigenvalue weighted by molar-refractivity contribution is -0.123. The van der Waals surface area contributed by atoms with Crippen molar-refractivity contribution in [2.24, 2.45) is 5.41 Å². The van der Waals surface area contributed by atoms with Crippen LogP contribution in [0.15, 0.2) is 0 Å². The molecule has 0 aromatic heterocycles. The zero-order valence-electron chi connectivity index (χ0n) is 10.7. The Balaban J connectivity index is 2.41. The SMILES string of the molecule is COCC(O)CN(C)CC1(C=O)CCOCC1. The van der Waals surface area contributed by atoms with Crippen LogP contribution in [0.4, 0.5) is 0 Å². The third-order valence-corrected chi connectivity index (χ3v) is 3.20. The minimum atomic E-state index is -0.506. The lowest BCUT2D eigenvalue weighted by atomic mass is 9.81. The molecule has 0 amide bonds. The highest BCUT2D eigenvalue weighted by molar-refractivity contribution is 5.60. The molecule has 1 heterocycles. The zero-order valence-corrected chi connectivity index (χ0v) is 10.7. The van der Waals surface area contributed by atoms with Gasteiger partial charge >= 0.3 is 0 Å². The minimum Gasteiger partial charge on any atom is -0.389 e. The monoisotopic (exact) mass is 245 g/mol. The standard InChI is InChI=1S/C12H23NO4/c1-13(7-11(15)8-16-2)9-12(10-14)3-5-17-6-4-12/h10-11,15H,3-9H2,1-2H3. The van der Waals surface area contributed by atoms with E-state index in [0.717, 1.165) is 19.1 Å². The molecule has 0 aromatic rings. The number of carbonyl (C=O) groups excluding carboxylic acids is 1. The van der Waals surface area contributed by atoms with E-state index in [-0.39, 0.29) is 5.41 Å². The van der Waals surface area contributed by atoms with Crippen LogP contribution in [0, 0.1) is 5.41 Å². The Morgan fingerprint density at radius 1 is 1.53 bits per heavy atom. The van der Waals surface area contributed by atoms with Crippen LogP contribution in [0.2, 0.25) is 0 Å². The first-order valence-corrected chi connectivity index (χ1v) is 6.01. The molecule has 100 valence electrons. The maximum atomic E-state index is 11.3. The second-order valence-electron chi connectivity index (χ2n) is 4.90. The van der Waals surface area contributed by atoms with Crippen molar-refractivity contribution in [2.75, 3.05) is 47.1 Å². The van der Waals surface area contributed by atoms with Crippen LogP contribution in [0.5, 0.6) is 0 Å². The fourth-order valence-corrected chi connectivity index (χ4v) is 2.30. The normalized spacial score (nSPS) is 21.4. The number of ether oxygens (including phenoxy) is 2. The number of hydrogen-bond acceptors (Lipinski definition) is 5. The number of aldehydes is 1. The molecule has 0 aromatic carbocycles. The van der Waals surface area contributed by atoms with E-state index in [1.54, 1.807) is 7.11 Å². The van der Waals surface area contributed by atoms with Gasteiger partial charge in [0, 0.05) is 38.8 Å². The van der Waals surface area contributed by atoms with Gasteiger partial charge in [-0.15, -0.1) is 0 Å². The largest absolute Gasteiger partial charge is 0.389 e. The molecular formula is C12H23NO4. The fraction of sp³-hybridized carbons (Fsp3) is 0.917. The first-order chi connectivity index (χ1) is 8.12. The van der Waals surface area contributed by atoms with Crippen LogP contribution in [0.25, 0.3) is 0 Å². The van der Waals surface area contributed by atoms with E-state index in [2.05, 4.69) is 0 Å². The van der Waals surface area contributed by atoms with Gasteiger partial charge in [0.15, 0.2) is 0 Å². The van der Waals surface area contributed by atoms with Crippen LogP contribution in [-0.4, -0.2) is 69.5 Å². The molecule has 1 N–H and O–H groups in total. The molecule has 1 aliphatic heterocycles. The maximum absolute atomic E-state index is 11.3. The molecule has 1 atom stereocenters. The first kappa shape index (κ1) is 14.6. The van der Waals surface area contributed by atoms with E-state index in [4.69, 9.17) is 9.47 Å². The molecule has 1 unspecified atom stereocenters. The van der Waals surface area contributed by atoms with Crippen molar-refractivity contribution < 1.29 is 19.4 Å². The predicted octanol–water partition coefficient (Wildman–Crippen LogP) is -0.0788. The van der Waals surface area contributed by atoms with E-state index in [1.165, 1.54) is 0 Å². The molecule has 0 radical (unpaired) electrons. The highest BCUT2D eigenvalue weighted by Gasteiger charge is 2.33. The van der Waals surface area contributed by atoms with Crippen LogP contribution in [0.3, 0.4) is 0 Å². The molecule has 1 saturated heterocycles. The Morgan fingerprint density at radius 3 is 2.71 bits per heavy atom. The maximum Gasteiger partial charge on any atom is 0.127 e. The van der Waals surface area contributed by atoms with E-state index in [1.807, 2.05) is 11.9 Å². The molecule has 0 aliphatic carbocycles. The summed E-state index contributed by atoms with van der Waals surface area (Å²) in [4.78, 5) is 13.2. The number of nitrogens with zero attached hydrogens (tertiary/aromatic N) is 1. The number of methoxy groups -OCH3 is 1. The number of likely N-dealkylation sites (N-methyl/N-ethyl adjacent to an activating group) is 1. The third kappa shape index (κ3) is 4.71. The predicted molar refractivity (Wildman–Crippen MR) is 63.9 cm³/mol. The molecule has 1 fully saturated rings. The fourth-order valence-electron chi connectivity index (χ4n) is 2.30. The van der Waals surface area contributed by atoms with E-state index in [9.17, 15) is 9.90 Å². The average molecular weight is 245 g/mol. The quantitative estimate of drug-likeness (QED) is 0.636. The van der Waals surface area contributed by atoms with Crippen molar-refractivity contribution in [3.63, 3.8) is 0 Å². The summed E-state index contributed by atoms with van der Waals surface area (Å²) in [6, 6.07) is 0. The van der Waals surface area contributed by atoms with Gasteiger partial charge in [0.25, 0.3) is 0 Å². The summed E-state index contributed by atoms with van der Waals surface area (Å²) in [6.07, 6.45) is 2.07. The van der Waals surface area contributed by atoms with Gasteiger partial charge in [-0.3, -0.25) is 0 Å². The number of carbonyl (C=O) groups is 1. The van der Waals surface area contributed by atoms with Gasteiger partial charge in [0.1, 0.15) is 6.29 Å². The Labute approximate surface area is 103 Å². The first-order valence-electron chi connectivity index (χ1n) is 6.01. The highest BCUT2D eigenvalue weighted by atomic mass is 16.5. The van der Waals surface area contributed by atoms with Crippen LogP contribution >= 0.6 is 0 Å². The second-order valence-corrected chi connectivity index (χ2v) is 4.90. The smallest absolute Gasteiger partial charge is 0.127 e. The Kier molecular flexibility index (Phi) is 6.05. The van der Waals surface area contributed by atoms with Gasteiger partial charge in [-0.1, -0.05) is 0 Å². The summed E-state index contributed by atoms with van der Waals surface area (Å²) in [5.41, 5.74) is -0.306. The lowest BCUT2D eigenvalue weighted by Gasteiger charge is -2.35. The Hall–Kier alpha value is -0.490. The van der Waals surface area contributed by atoms with Crippen molar-refractivity contribution in [1.29, 1.82) is 0 Å². The molecule has 17 heavy (non-hydrogen) atoms. The van der Waals surface area contributed by atoms with Crippen molar-refractivity contribution in [3.05, 3.63) is 0 Å². The number of hydrogen-bond donors (Lipinski definition) is 1. The summed E-state index contributed by atoms with van der Waals surface area (Å²) in [6.45, 7) is 2.80. The molecule has 0 saturated carbocycles. The van der Waals surface area contributed by atoms with Crippen LogP contribution in [-0.2, 0) is 14.3 Å². The molecule has 0 bridgehead atoms. The molecule has 1 rings (SSSR count). The van der Waals surface area contributed by atoms with Crippen LogP contribution < -0.4 is 0 Å². The van der Waals surface area contributed by atoms with E-state index in [0.29, 0.717) is 32.9 Å². The summed E-state index contributed by atoms with van der Waals surface area (Å²) < 4.78 is 10.2. The second kappa shape index (κ2) is 7.06. The van der Waals surface area contributed by atoms with Crippen molar-refractivity contribution in [3.8, 4) is 0 Å². The number of aliphatic hydroxyl groups is 1. The minimum absolute atomic E-state index is 0.306. The average Bonchev–Trinajstić information content (AvgIpc) is 2.30. The summed E-state index contributed by atoms with van der Waals surface area (Å²) in [5.74, 6) is 0. The Morgan fingerprint density at radius 2 is 2.18 bits per heavy atom. The molecule has 5 heteroatoms. The van der Waals surface area contributed by atoms with Gasteiger partial charge < -0.3 is 24.3 Å².